The number of carbonyl (C=O) groups is 1. The fraction of sp³-hybridized carbons (Fsp3) is 0.100. The first kappa shape index (κ1) is 29.6. The highest BCUT2D eigenvalue weighted by Crippen LogP contribution is 2.31. The van der Waals surface area contributed by atoms with Gasteiger partial charge in [0.25, 0.3) is 15.9 Å². The number of phenolic OH excluding ortho intramolecular Hbond substituents is 1. The Balaban J connectivity index is 0.00000405. The van der Waals surface area contributed by atoms with Gasteiger partial charge in [-0.25, -0.2) is 18.4 Å². The van der Waals surface area contributed by atoms with Gasteiger partial charge in [-0.2, -0.15) is 0 Å². The Labute approximate surface area is 243 Å². The summed E-state index contributed by atoms with van der Waals surface area (Å²) >= 11 is 0. The number of fused-ring (bicyclic) bond motifs is 1. The smallest absolute Gasteiger partial charge is 0.263 e. The van der Waals surface area contributed by atoms with Crippen LogP contribution in [0.2, 0.25) is 0 Å². The molecule has 1 heterocycles. The Kier molecular flexibility index (Phi) is 9.08. The van der Waals surface area contributed by atoms with Crippen LogP contribution in [0.3, 0.4) is 0 Å². The van der Waals surface area contributed by atoms with Crippen LogP contribution in [0.5, 0.6) is 17.2 Å². The number of para-hydroxylation sites is 3. The minimum atomic E-state index is -4.18. The summed E-state index contributed by atoms with van der Waals surface area (Å²) < 4.78 is 40.0. The molecule has 1 aromatic heterocycles. The van der Waals surface area contributed by atoms with Gasteiger partial charge in [0.05, 0.1) is 23.0 Å². The lowest BCUT2D eigenvalue weighted by Crippen LogP contribution is -2.20. The van der Waals surface area contributed by atoms with E-state index in [-0.39, 0.29) is 42.0 Å². The molecule has 0 bridgehead atoms. The first-order chi connectivity index (χ1) is 19.8. The standard InChI is InChI=1S/C29H25N5O6S.CH4/c1-39-23-15-20(14-21(35)17-23)31-28-29(33-26-13-6-5-12-25(26)32-28)34-41(37,38)24-11-7-8-19(16-24)30-27(36)18-40-22-9-3-2-4-10-22;/h2-17,35H,18H2,1H3,(H,30,36)(H,31,32)(H,33,34);1H4. The van der Waals surface area contributed by atoms with Gasteiger partial charge in [-0.1, -0.05) is 43.8 Å². The van der Waals surface area contributed by atoms with Crippen LogP contribution in [0, 0.1) is 0 Å². The van der Waals surface area contributed by atoms with E-state index in [1.54, 1.807) is 60.7 Å². The molecule has 12 heteroatoms. The molecule has 0 saturated carbocycles. The Morgan fingerprint density at radius 2 is 1.50 bits per heavy atom. The minimum absolute atomic E-state index is 0. The Morgan fingerprint density at radius 1 is 0.810 bits per heavy atom. The van der Waals surface area contributed by atoms with E-state index in [1.807, 2.05) is 6.07 Å². The predicted molar refractivity (Wildman–Crippen MR) is 162 cm³/mol. The number of amides is 1. The molecule has 5 rings (SSSR count). The van der Waals surface area contributed by atoms with Crippen molar-refractivity contribution in [3.8, 4) is 17.2 Å². The summed E-state index contributed by atoms with van der Waals surface area (Å²) in [6.07, 6.45) is 0. The molecule has 0 aliphatic heterocycles. The van der Waals surface area contributed by atoms with Gasteiger partial charge in [-0.3, -0.25) is 9.52 Å². The van der Waals surface area contributed by atoms with Crippen molar-refractivity contribution in [3.63, 3.8) is 0 Å². The van der Waals surface area contributed by atoms with Crippen LogP contribution < -0.4 is 24.8 Å². The Morgan fingerprint density at radius 3 is 2.21 bits per heavy atom. The van der Waals surface area contributed by atoms with Crippen molar-refractivity contribution in [2.75, 3.05) is 29.1 Å². The number of nitrogens with one attached hydrogen (secondary N) is 3. The van der Waals surface area contributed by atoms with Gasteiger partial charge in [0.2, 0.25) is 0 Å². The van der Waals surface area contributed by atoms with E-state index in [0.717, 1.165) is 0 Å². The number of nitrogens with zero attached hydrogens (tertiary/aromatic N) is 2. The molecular formula is C30H29N5O6S. The number of aromatic hydroxyl groups is 1. The largest absolute Gasteiger partial charge is 0.508 e. The highest BCUT2D eigenvalue weighted by atomic mass is 32.2. The van der Waals surface area contributed by atoms with Crippen LogP contribution in [0.25, 0.3) is 11.0 Å². The van der Waals surface area contributed by atoms with Crippen LogP contribution in [0.4, 0.5) is 23.0 Å². The number of aromatic nitrogens is 2. The second kappa shape index (κ2) is 12.9. The molecule has 0 aliphatic carbocycles. The highest BCUT2D eigenvalue weighted by Gasteiger charge is 2.20. The fourth-order valence-corrected chi connectivity index (χ4v) is 4.91. The zero-order valence-corrected chi connectivity index (χ0v) is 22.6. The third-order valence-electron chi connectivity index (χ3n) is 5.73. The molecule has 1 amide bonds. The number of hydrogen-bond donors (Lipinski definition) is 4. The second-order valence-corrected chi connectivity index (χ2v) is 10.4. The van der Waals surface area contributed by atoms with Crippen LogP contribution in [-0.2, 0) is 14.8 Å². The van der Waals surface area contributed by atoms with Crippen molar-refractivity contribution >= 4 is 50.0 Å². The number of sulfonamides is 1. The molecule has 216 valence electrons. The van der Waals surface area contributed by atoms with Crippen LogP contribution >= 0.6 is 0 Å². The van der Waals surface area contributed by atoms with Crippen molar-refractivity contribution in [2.45, 2.75) is 12.3 Å². The van der Waals surface area contributed by atoms with Crippen molar-refractivity contribution in [1.82, 2.24) is 9.97 Å². The van der Waals surface area contributed by atoms with E-state index in [1.165, 1.54) is 37.4 Å². The number of ether oxygens (including phenoxy) is 2. The number of anilines is 4. The molecule has 0 radical (unpaired) electrons. The molecule has 5 aromatic rings. The number of methoxy groups -OCH3 is 1. The summed E-state index contributed by atoms with van der Waals surface area (Å²) in [5.74, 6) is 0.435. The number of phenols is 1. The fourth-order valence-electron chi connectivity index (χ4n) is 3.86. The Bertz CT molecular complexity index is 1820. The summed E-state index contributed by atoms with van der Waals surface area (Å²) in [6, 6.07) is 26.1. The monoisotopic (exact) mass is 587 g/mol. The van der Waals surface area contributed by atoms with Crippen molar-refractivity contribution in [1.29, 1.82) is 0 Å². The van der Waals surface area contributed by atoms with Crippen LogP contribution in [0.1, 0.15) is 7.43 Å². The molecule has 0 atom stereocenters. The topological polar surface area (TPSA) is 152 Å². The van der Waals surface area contributed by atoms with Crippen molar-refractivity contribution in [2.24, 2.45) is 0 Å². The third-order valence-corrected chi connectivity index (χ3v) is 7.07. The zero-order chi connectivity index (χ0) is 28.8. The average Bonchev–Trinajstić information content (AvgIpc) is 2.96. The van der Waals surface area contributed by atoms with Gasteiger partial charge in [0, 0.05) is 29.6 Å². The quantitative estimate of drug-likeness (QED) is 0.165. The maximum atomic E-state index is 13.4. The minimum Gasteiger partial charge on any atom is -0.508 e. The molecule has 0 aliphatic rings. The maximum absolute atomic E-state index is 13.4. The van der Waals surface area contributed by atoms with E-state index in [9.17, 15) is 18.3 Å². The van der Waals surface area contributed by atoms with Gasteiger partial charge < -0.3 is 25.2 Å². The lowest BCUT2D eigenvalue weighted by atomic mass is 10.2. The van der Waals surface area contributed by atoms with E-state index < -0.39 is 15.9 Å². The summed E-state index contributed by atoms with van der Waals surface area (Å²) in [4.78, 5) is 21.3. The molecule has 0 spiro atoms. The summed E-state index contributed by atoms with van der Waals surface area (Å²) in [6.45, 7) is -0.249. The molecule has 4 N–H and O–H groups in total. The first-order valence-electron chi connectivity index (χ1n) is 12.3. The summed E-state index contributed by atoms with van der Waals surface area (Å²) in [5.41, 5.74) is 1.65. The van der Waals surface area contributed by atoms with E-state index in [2.05, 4.69) is 25.3 Å². The number of carbonyl (C=O) groups excluding carboxylic acids is 1. The molecule has 42 heavy (non-hydrogen) atoms. The molecular weight excluding hydrogens is 558 g/mol. The van der Waals surface area contributed by atoms with Crippen LogP contribution in [-0.4, -0.2) is 43.1 Å². The van der Waals surface area contributed by atoms with E-state index in [0.29, 0.717) is 28.2 Å². The predicted octanol–water partition coefficient (Wildman–Crippen LogP) is 5.54. The van der Waals surface area contributed by atoms with Gasteiger partial charge in [0.1, 0.15) is 17.2 Å². The average molecular weight is 588 g/mol. The molecule has 0 unspecified atom stereocenters. The SMILES string of the molecule is C.COc1cc(O)cc(Nc2nc3ccccc3nc2NS(=O)(=O)c2cccc(NC(=O)COc3ccccc3)c2)c1. The van der Waals surface area contributed by atoms with Crippen molar-refractivity contribution in [3.05, 3.63) is 97.1 Å². The highest BCUT2D eigenvalue weighted by molar-refractivity contribution is 7.92. The Hall–Kier alpha value is -5.36. The summed E-state index contributed by atoms with van der Waals surface area (Å²) in [7, 11) is -2.72. The van der Waals surface area contributed by atoms with Gasteiger partial charge >= 0.3 is 0 Å². The molecule has 4 aromatic carbocycles. The van der Waals surface area contributed by atoms with Gasteiger partial charge in [-0.15, -0.1) is 0 Å². The van der Waals surface area contributed by atoms with Gasteiger partial charge in [0.15, 0.2) is 18.2 Å². The lowest BCUT2D eigenvalue weighted by Gasteiger charge is -2.15. The van der Waals surface area contributed by atoms with Crippen molar-refractivity contribution < 1.29 is 27.8 Å². The van der Waals surface area contributed by atoms with Gasteiger partial charge in [-0.05, 0) is 42.5 Å². The maximum Gasteiger partial charge on any atom is 0.263 e. The number of rotatable bonds is 10. The van der Waals surface area contributed by atoms with E-state index in [4.69, 9.17) is 9.47 Å². The first-order valence-corrected chi connectivity index (χ1v) is 13.8. The zero-order valence-electron chi connectivity index (χ0n) is 21.7. The van der Waals surface area contributed by atoms with E-state index >= 15 is 0 Å². The summed E-state index contributed by atoms with van der Waals surface area (Å²) in [5, 5.41) is 15.7. The molecule has 0 saturated heterocycles. The third kappa shape index (κ3) is 7.23. The number of hydrogen-bond acceptors (Lipinski definition) is 9. The molecule has 0 fully saturated rings. The van der Waals surface area contributed by atoms with Crippen LogP contribution in [0.15, 0.2) is 102 Å². The lowest BCUT2D eigenvalue weighted by molar-refractivity contribution is -0.118. The number of benzene rings is 4. The second-order valence-electron chi connectivity index (χ2n) is 8.74. The molecule has 11 nitrogen and oxygen atoms in total. The normalized spacial score (nSPS) is 10.8.